The maximum absolute atomic E-state index is 11.7. The molecule has 17 heavy (non-hydrogen) atoms. The predicted molar refractivity (Wildman–Crippen MR) is 62.0 cm³/mol. The van der Waals surface area contributed by atoms with Gasteiger partial charge < -0.3 is 4.74 Å². The quantitative estimate of drug-likeness (QED) is 0.770. The second-order valence-electron chi connectivity index (χ2n) is 4.69. The van der Waals surface area contributed by atoms with Gasteiger partial charge in [-0.1, -0.05) is 0 Å². The SMILES string of the molecule is COC(=O)c1sc(C2CC2)nc1C1(C#N)CC1. The van der Waals surface area contributed by atoms with Crippen molar-refractivity contribution in [3.8, 4) is 6.07 Å². The van der Waals surface area contributed by atoms with Gasteiger partial charge in [-0.25, -0.2) is 9.78 Å². The normalized spacial score (nSPS) is 20.7. The standard InChI is InChI=1S/C12H12N2O2S/c1-16-11(15)8-9(12(6-13)4-5-12)14-10(17-8)7-2-3-7/h7H,2-5H2,1H3. The maximum Gasteiger partial charge on any atom is 0.350 e. The summed E-state index contributed by atoms with van der Waals surface area (Å²) in [5.41, 5.74) is 0.159. The molecule has 0 aromatic carbocycles. The van der Waals surface area contributed by atoms with Crippen molar-refractivity contribution in [1.29, 1.82) is 5.26 Å². The average Bonchev–Trinajstić information content (AvgIpc) is 3.27. The molecule has 0 spiro atoms. The molecule has 0 saturated heterocycles. The molecule has 1 aromatic rings. The molecular formula is C12H12N2O2S. The van der Waals surface area contributed by atoms with Gasteiger partial charge in [0.25, 0.3) is 0 Å². The van der Waals surface area contributed by atoms with Crippen LogP contribution in [0.3, 0.4) is 0 Å². The van der Waals surface area contributed by atoms with Crippen LogP contribution in [0.2, 0.25) is 0 Å². The second kappa shape index (κ2) is 3.54. The maximum atomic E-state index is 11.7. The molecule has 4 nitrogen and oxygen atoms in total. The molecule has 2 aliphatic rings. The van der Waals surface area contributed by atoms with Gasteiger partial charge in [0.05, 0.1) is 23.9 Å². The van der Waals surface area contributed by atoms with E-state index in [1.54, 1.807) is 0 Å². The lowest BCUT2D eigenvalue weighted by molar-refractivity contribution is 0.0604. The summed E-state index contributed by atoms with van der Waals surface area (Å²) in [5, 5.41) is 10.2. The van der Waals surface area contributed by atoms with E-state index >= 15 is 0 Å². The topological polar surface area (TPSA) is 63.0 Å². The van der Waals surface area contributed by atoms with Crippen LogP contribution < -0.4 is 0 Å². The molecule has 2 fully saturated rings. The highest BCUT2D eigenvalue weighted by atomic mass is 32.1. The number of thiazole rings is 1. The highest BCUT2D eigenvalue weighted by Crippen LogP contribution is 2.51. The van der Waals surface area contributed by atoms with Crippen LogP contribution in [-0.4, -0.2) is 18.1 Å². The second-order valence-corrected chi connectivity index (χ2v) is 5.72. The number of hydrogen-bond acceptors (Lipinski definition) is 5. The molecule has 0 unspecified atom stereocenters. The molecular weight excluding hydrogens is 236 g/mol. The molecule has 3 rings (SSSR count). The zero-order valence-corrected chi connectivity index (χ0v) is 10.3. The van der Waals surface area contributed by atoms with Gasteiger partial charge >= 0.3 is 5.97 Å². The molecule has 1 heterocycles. The van der Waals surface area contributed by atoms with Crippen LogP contribution in [-0.2, 0) is 10.2 Å². The van der Waals surface area contributed by atoms with Crippen molar-refractivity contribution in [3.05, 3.63) is 15.6 Å². The van der Waals surface area contributed by atoms with Crippen LogP contribution in [0.4, 0.5) is 0 Å². The Labute approximate surface area is 103 Å². The van der Waals surface area contributed by atoms with Gasteiger partial charge in [-0.3, -0.25) is 0 Å². The lowest BCUT2D eigenvalue weighted by Crippen LogP contribution is -2.11. The number of nitrogens with zero attached hydrogens (tertiary/aromatic N) is 2. The molecule has 2 aliphatic carbocycles. The van der Waals surface area contributed by atoms with E-state index in [4.69, 9.17) is 4.74 Å². The Morgan fingerprint density at radius 3 is 2.76 bits per heavy atom. The molecule has 0 bridgehead atoms. The summed E-state index contributed by atoms with van der Waals surface area (Å²) in [7, 11) is 1.37. The third kappa shape index (κ3) is 1.64. The van der Waals surface area contributed by atoms with Gasteiger partial charge in [0, 0.05) is 5.92 Å². The lowest BCUT2D eigenvalue weighted by Gasteiger charge is -2.03. The summed E-state index contributed by atoms with van der Waals surface area (Å²) >= 11 is 1.41. The summed E-state index contributed by atoms with van der Waals surface area (Å²) in [6, 6.07) is 2.30. The largest absolute Gasteiger partial charge is 0.465 e. The van der Waals surface area contributed by atoms with Crippen molar-refractivity contribution in [2.45, 2.75) is 37.0 Å². The average molecular weight is 248 g/mol. The number of ether oxygens (including phenoxy) is 1. The number of methoxy groups -OCH3 is 1. The Kier molecular flexibility index (Phi) is 2.23. The van der Waals surface area contributed by atoms with E-state index < -0.39 is 5.41 Å². The van der Waals surface area contributed by atoms with Crippen LogP contribution in [0, 0.1) is 11.3 Å². The summed E-state index contributed by atoms with van der Waals surface area (Å²) in [5.74, 6) is 0.151. The highest BCUT2D eigenvalue weighted by molar-refractivity contribution is 7.13. The monoisotopic (exact) mass is 248 g/mol. The van der Waals surface area contributed by atoms with Crippen molar-refractivity contribution in [1.82, 2.24) is 4.98 Å². The first-order chi connectivity index (χ1) is 8.20. The van der Waals surface area contributed by atoms with E-state index in [2.05, 4.69) is 11.1 Å². The first-order valence-corrected chi connectivity index (χ1v) is 6.52. The predicted octanol–water partition coefficient (Wildman–Crippen LogP) is 2.36. The Balaban J connectivity index is 2.05. The number of esters is 1. The summed E-state index contributed by atoms with van der Waals surface area (Å²) in [4.78, 5) is 16.8. The van der Waals surface area contributed by atoms with Gasteiger partial charge in [-0.2, -0.15) is 5.26 Å². The fourth-order valence-electron chi connectivity index (χ4n) is 1.92. The van der Waals surface area contributed by atoms with Gasteiger partial charge in [-0.15, -0.1) is 11.3 Å². The van der Waals surface area contributed by atoms with Crippen molar-refractivity contribution in [2.75, 3.05) is 7.11 Å². The van der Waals surface area contributed by atoms with Crippen LogP contribution in [0.25, 0.3) is 0 Å². The van der Waals surface area contributed by atoms with Crippen molar-refractivity contribution < 1.29 is 9.53 Å². The first-order valence-electron chi connectivity index (χ1n) is 5.71. The van der Waals surface area contributed by atoms with E-state index in [-0.39, 0.29) is 5.97 Å². The Bertz CT molecular complexity index is 521. The smallest absolute Gasteiger partial charge is 0.350 e. The van der Waals surface area contributed by atoms with E-state index in [1.165, 1.54) is 18.4 Å². The fraction of sp³-hybridized carbons (Fsp3) is 0.583. The van der Waals surface area contributed by atoms with Gasteiger partial charge in [0.2, 0.25) is 0 Å². The van der Waals surface area contributed by atoms with Crippen LogP contribution in [0.5, 0.6) is 0 Å². The molecule has 0 radical (unpaired) electrons. The minimum absolute atomic E-state index is 0.356. The number of carbonyl (C=O) groups is 1. The molecule has 88 valence electrons. The number of aromatic nitrogens is 1. The lowest BCUT2D eigenvalue weighted by atomic mass is 10.0. The molecule has 2 saturated carbocycles. The molecule has 0 aliphatic heterocycles. The number of carbonyl (C=O) groups excluding carboxylic acids is 1. The Hall–Kier alpha value is -1.41. The third-order valence-corrected chi connectivity index (χ3v) is 4.56. The third-order valence-electron chi connectivity index (χ3n) is 3.36. The molecule has 0 amide bonds. The fourth-order valence-corrected chi connectivity index (χ4v) is 3.18. The van der Waals surface area contributed by atoms with E-state index in [9.17, 15) is 10.1 Å². The van der Waals surface area contributed by atoms with Crippen LogP contribution in [0.15, 0.2) is 0 Å². The van der Waals surface area contributed by atoms with Crippen molar-refractivity contribution >= 4 is 17.3 Å². The zero-order chi connectivity index (χ0) is 12.0. The van der Waals surface area contributed by atoms with Crippen LogP contribution in [0.1, 0.15) is 52.0 Å². The molecule has 0 atom stereocenters. The van der Waals surface area contributed by atoms with Crippen molar-refractivity contribution in [3.63, 3.8) is 0 Å². The van der Waals surface area contributed by atoms with Crippen molar-refractivity contribution in [2.24, 2.45) is 0 Å². The minimum atomic E-state index is -0.507. The van der Waals surface area contributed by atoms with E-state index in [0.717, 1.165) is 30.7 Å². The number of hydrogen-bond donors (Lipinski definition) is 0. The molecule has 5 heteroatoms. The van der Waals surface area contributed by atoms with Gasteiger partial charge in [-0.05, 0) is 25.7 Å². The number of nitriles is 1. The van der Waals surface area contributed by atoms with Gasteiger partial charge in [0.15, 0.2) is 0 Å². The first kappa shape index (κ1) is 10.7. The zero-order valence-electron chi connectivity index (χ0n) is 9.52. The summed E-state index contributed by atoms with van der Waals surface area (Å²) in [6.45, 7) is 0. The summed E-state index contributed by atoms with van der Waals surface area (Å²) in [6.07, 6.45) is 3.91. The minimum Gasteiger partial charge on any atom is -0.465 e. The van der Waals surface area contributed by atoms with E-state index in [0.29, 0.717) is 16.5 Å². The number of rotatable bonds is 3. The molecule has 0 N–H and O–H groups in total. The van der Waals surface area contributed by atoms with Crippen LogP contribution >= 0.6 is 11.3 Å². The van der Waals surface area contributed by atoms with Gasteiger partial charge in [0.1, 0.15) is 10.3 Å². The highest BCUT2D eigenvalue weighted by Gasteiger charge is 2.50. The molecule has 1 aromatic heterocycles. The van der Waals surface area contributed by atoms with E-state index in [1.807, 2.05) is 0 Å². The Morgan fingerprint density at radius 1 is 1.59 bits per heavy atom. The Morgan fingerprint density at radius 2 is 2.29 bits per heavy atom. The summed E-state index contributed by atoms with van der Waals surface area (Å²) < 4.78 is 4.78.